The second-order valence-corrected chi connectivity index (χ2v) is 9.40. The van der Waals surface area contributed by atoms with Crippen LogP contribution in [-0.2, 0) is 14.3 Å². The van der Waals surface area contributed by atoms with Crippen molar-refractivity contribution in [3.63, 3.8) is 0 Å². The molecule has 33 heavy (non-hydrogen) atoms. The van der Waals surface area contributed by atoms with Crippen LogP contribution in [0.3, 0.4) is 0 Å². The van der Waals surface area contributed by atoms with E-state index in [1.165, 1.54) is 12.1 Å². The summed E-state index contributed by atoms with van der Waals surface area (Å²) in [6, 6.07) is 5.96. The first kappa shape index (κ1) is 27.8. The Kier molecular flexibility index (Phi) is 10.2. The molecule has 3 N–H and O–H groups in total. The second-order valence-electron chi connectivity index (χ2n) is 9.40. The lowest BCUT2D eigenvalue weighted by Gasteiger charge is -2.32. The van der Waals surface area contributed by atoms with Crippen molar-refractivity contribution in [1.29, 1.82) is 0 Å². The molecule has 1 aromatic carbocycles. The van der Waals surface area contributed by atoms with Crippen molar-refractivity contribution >= 4 is 17.9 Å². The average Bonchev–Trinajstić information content (AvgIpc) is 2.68. The third-order valence-corrected chi connectivity index (χ3v) is 4.78. The summed E-state index contributed by atoms with van der Waals surface area (Å²) >= 11 is 0. The number of hydrogen-bond donors (Lipinski definition) is 3. The van der Waals surface area contributed by atoms with Crippen LogP contribution >= 0.6 is 0 Å². The van der Waals surface area contributed by atoms with Crippen LogP contribution in [0.1, 0.15) is 72.9 Å². The Hall–Kier alpha value is -3.21. The van der Waals surface area contributed by atoms with Crippen molar-refractivity contribution in [1.82, 2.24) is 15.5 Å². The normalized spacial score (nSPS) is 13.9. The number of amides is 3. The molecule has 8 nitrogen and oxygen atoms in total. The first-order valence-electron chi connectivity index (χ1n) is 11.2. The highest BCUT2D eigenvalue weighted by Gasteiger charge is 2.37. The van der Waals surface area contributed by atoms with E-state index in [1.807, 2.05) is 13.8 Å². The Labute approximate surface area is 197 Å². The number of carbonyl (C=O) groups excluding carboxylic acids is 3. The Bertz CT molecular complexity index is 870. The number of hydrogen-bond acceptors (Lipinski definition) is 5. The minimum atomic E-state index is -1.20. The summed E-state index contributed by atoms with van der Waals surface area (Å²) in [5.74, 6) is -1.52. The zero-order valence-electron chi connectivity index (χ0n) is 20.6. The molecule has 0 heterocycles. The van der Waals surface area contributed by atoms with Crippen molar-refractivity contribution in [2.24, 2.45) is 5.92 Å². The summed E-state index contributed by atoms with van der Waals surface area (Å²) in [6.07, 6.45) is 6.57. The van der Waals surface area contributed by atoms with E-state index in [4.69, 9.17) is 11.2 Å². The lowest BCUT2D eigenvalue weighted by molar-refractivity contribution is -0.139. The van der Waals surface area contributed by atoms with Gasteiger partial charge in [-0.3, -0.25) is 14.5 Å². The molecule has 0 aliphatic carbocycles. The van der Waals surface area contributed by atoms with Gasteiger partial charge in [-0.2, -0.15) is 0 Å². The highest BCUT2D eigenvalue weighted by atomic mass is 16.6. The predicted molar refractivity (Wildman–Crippen MR) is 127 cm³/mol. The number of rotatable bonds is 9. The van der Waals surface area contributed by atoms with Gasteiger partial charge in [0.1, 0.15) is 23.4 Å². The Balaban J connectivity index is 3.34. The lowest BCUT2D eigenvalue weighted by atomic mass is 9.99. The zero-order valence-corrected chi connectivity index (χ0v) is 20.6. The summed E-state index contributed by atoms with van der Waals surface area (Å²) in [6.45, 7) is 12.5. The van der Waals surface area contributed by atoms with Gasteiger partial charge in [0.15, 0.2) is 0 Å². The summed E-state index contributed by atoms with van der Waals surface area (Å²) in [5.41, 5.74) is -0.401. The summed E-state index contributed by atoms with van der Waals surface area (Å²) in [4.78, 5) is 40.1. The van der Waals surface area contributed by atoms with Gasteiger partial charge in [-0.25, -0.2) is 4.79 Å². The number of nitrogens with one attached hydrogen (secondary N) is 2. The van der Waals surface area contributed by atoms with Crippen molar-refractivity contribution in [2.45, 2.75) is 85.0 Å². The molecular formula is C25H37N3O5. The second kappa shape index (κ2) is 12.1. The van der Waals surface area contributed by atoms with Gasteiger partial charge in [0.05, 0.1) is 0 Å². The molecule has 0 aliphatic heterocycles. The van der Waals surface area contributed by atoms with Crippen molar-refractivity contribution < 1.29 is 24.2 Å². The van der Waals surface area contributed by atoms with Gasteiger partial charge >= 0.3 is 6.09 Å². The smallest absolute Gasteiger partial charge is 0.408 e. The van der Waals surface area contributed by atoms with Crippen molar-refractivity contribution in [3.8, 4) is 18.2 Å². The topological polar surface area (TPSA) is 108 Å². The van der Waals surface area contributed by atoms with E-state index in [2.05, 4.69) is 16.7 Å². The molecule has 0 bridgehead atoms. The van der Waals surface area contributed by atoms with Gasteiger partial charge in [0, 0.05) is 12.1 Å². The molecule has 0 spiro atoms. The monoisotopic (exact) mass is 459 g/mol. The summed E-state index contributed by atoms with van der Waals surface area (Å²) in [7, 11) is 0. The molecular weight excluding hydrogens is 422 g/mol. The number of phenolic OH excluding ortho intramolecular Hbond substituents is 1. The maximum atomic E-state index is 13.5. The Morgan fingerprint density at radius 3 is 2.30 bits per heavy atom. The van der Waals surface area contributed by atoms with E-state index < -0.39 is 35.6 Å². The van der Waals surface area contributed by atoms with Crippen molar-refractivity contribution in [3.05, 3.63) is 29.8 Å². The molecule has 1 rings (SSSR count). The molecule has 0 radical (unpaired) electrons. The molecule has 0 aromatic heterocycles. The fraction of sp³-hybridized carbons (Fsp3) is 0.560. The Morgan fingerprint density at radius 2 is 1.82 bits per heavy atom. The number of benzene rings is 1. The Morgan fingerprint density at radius 1 is 1.18 bits per heavy atom. The average molecular weight is 460 g/mol. The fourth-order valence-corrected chi connectivity index (χ4v) is 3.30. The minimum absolute atomic E-state index is 0.0661. The van der Waals surface area contributed by atoms with E-state index in [0.29, 0.717) is 5.56 Å². The van der Waals surface area contributed by atoms with Crippen molar-refractivity contribution in [2.75, 3.05) is 0 Å². The van der Waals surface area contributed by atoms with Gasteiger partial charge in [-0.1, -0.05) is 45.7 Å². The first-order valence-corrected chi connectivity index (χ1v) is 11.2. The summed E-state index contributed by atoms with van der Waals surface area (Å²) < 4.78 is 5.28. The summed E-state index contributed by atoms with van der Waals surface area (Å²) in [5, 5.41) is 15.4. The van der Waals surface area contributed by atoms with Gasteiger partial charge in [-0.15, -0.1) is 0 Å². The highest BCUT2D eigenvalue weighted by molar-refractivity contribution is 5.93. The highest BCUT2D eigenvalue weighted by Crippen LogP contribution is 2.26. The largest absolute Gasteiger partial charge is 0.508 e. The van der Waals surface area contributed by atoms with Crippen LogP contribution in [0.5, 0.6) is 5.75 Å². The molecule has 0 saturated heterocycles. The third-order valence-electron chi connectivity index (χ3n) is 4.78. The maximum absolute atomic E-state index is 13.5. The first-order chi connectivity index (χ1) is 15.3. The quantitative estimate of drug-likeness (QED) is 0.385. The van der Waals surface area contributed by atoms with E-state index >= 15 is 0 Å². The van der Waals surface area contributed by atoms with Crippen LogP contribution in [0.25, 0.3) is 0 Å². The molecule has 8 heteroatoms. The van der Waals surface area contributed by atoms with Gasteiger partial charge in [0.2, 0.25) is 5.91 Å². The maximum Gasteiger partial charge on any atom is 0.408 e. The predicted octanol–water partition coefficient (Wildman–Crippen LogP) is 3.71. The molecule has 3 unspecified atom stereocenters. The van der Waals surface area contributed by atoms with E-state index in [-0.39, 0.29) is 17.7 Å². The standard InChI is InChI=1S/C25H37N3O5/c1-9-12-17(5)26-22(30)21(18-13-11-14-19(29)15-18)28(10-2)23(31)20(16(3)4)27-24(32)33-25(6,7)8/h2,11,13-17,20-21,29H,9,12H2,1,3-8H3,(H,26,30)(H,27,32). The van der Waals surface area contributed by atoms with Crippen LogP contribution in [0.15, 0.2) is 24.3 Å². The SMILES string of the molecule is C#CN(C(=O)C(NC(=O)OC(C)(C)C)C(C)C)C(C(=O)NC(C)CCC)c1cccc(O)c1. The lowest BCUT2D eigenvalue weighted by Crippen LogP contribution is -2.54. The van der Waals surface area contributed by atoms with Crippen LogP contribution in [0.2, 0.25) is 0 Å². The molecule has 0 saturated carbocycles. The molecule has 3 atom stereocenters. The molecule has 0 aliphatic rings. The van der Waals surface area contributed by atoms with Crippen LogP contribution in [0.4, 0.5) is 4.79 Å². The number of carbonyl (C=O) groups is 3. The number of ether oxygens (including phenoxy) is 1. The van der Waals surface area contributed by atoms with Crippen LogP contribution in [-0.4, -0.2) is 45.6 Å². The van der Waals surface area contributed by atoms with Gasteiger partial charge in [0.25, 0.3) is 5.91 Å². The van der Waals surface area contributed by atoms with Gasteiger partial charge < -0.3 is 20.5 Å². The van der Waals surface area contributed by atoms with Crippen LogP contribution < -0.4 is 10.6 Å². The fourth-order valence-electron chi connectivity index (χ4n) is 3.30. The number of nitrogens with zero attached hydrogens (tertiary/aromatic N) is 1. The number of phenols is 1. The molecule has 182 valence electrons. The third kappa shape index (κ3) is 8.68. The molecule has 1 aromatic rings. The molecule has 3 amide bonds. The zero-order chi connectivity index (χ0) is 25.3. The number of aromatic hydroxyl groups is 1. The minimum Gasteiger partial charge on any atom is -0.508 e. The number of terminal acetylenes is 1. The van der Waals surface area contributed by atoms with E-state index in [0.717, 1.165) is 17.7 Å². The van der Waals surface area contributed by atoms with E-state index in [9.17, 15) is 19.5 Å². The van der Waals surface area contributed by atoms with Gasteiger partial charge in [-0.05, 0) is 57.7 Å². The van der Waals surface area contributed by atoms with Crippen LogP contribution in [0, 0.1) is 18.4 Å². The molecule has 0 fully saturated rings. The number of alkyl carbamates (subject to hydrolysis) is 1. The van der Waals surface area contributed by atoms with E-state index in [1.54, 1.807) is 46.8 Å².